The molecule has 18 heteroatoms. The van der Waals surface area contributed by atoms with Crippen molar-refractivity contribution in [3.8, 4) is 0 Å². The van der Waals surface area contributed by atoms with Crippen molar-refractivity contribution in [1.29, 1.82) is 0 Å². The van der Waals surface area contributed by atoms with Crippen molar-refractivity contribution in [3.63, 3.8) is 0 Å². The van der Waals surface area contributed by atoms with Crippen molar-refractivity contribution in [1.82, 2.24) is 40.3 Å². The number of ether oxygens (including phenoxy) is 2. The number of thioether (sulfide) groups is 2. The summed E-state index contributed by atoms with van der Waals surface area (Å²) in [6, 6.07) is 0. The number of amides is 2. The summed E-state index contributed by atoms with van der Waals surface area (Å²) in [5.74, 6) is -1.82. The second-order valence-corrected chi connectivity index (χ2v) is 14.0. The van der Waals surface area contributed by atoms with Crippen LogP contribution in [0.15, 0.2) is 21.8 Å². The van der Waals surface area contributed by atoms with Gasteiger partial charge in [-0.1, -0.05) is 24.6 Å². The van der Waals surface area contributed by atoms with Crippen molar-refractivity contribution < 1.29 is 28.7 Å². The molecular weight excluding hydrogens is 631 g/mol. The largest absolute Gasteiger partial charge is 0.425 e. The van der Waals surface area contributed by atoms with Gasteiger partial charge >= 0.3 is 11.9 Å². The summed E-state index contributed by atoms with van der Waals surface area (Å²) in [6.45, 7) is 2.72. The minimum Gasteiger partial charge on any atom is -0.425 e. The molecule has 4 heterocycles. The molecule has 15 nitrogen and oxygen atoms in total. The smallest absolute Gasteiger partial charge is 0.358 e. The first-order valence-corrected chi connectivity index (χ1v) is 17.0. The molecule has 1 saturated heterocycles. The molecule has 3 aliphatic rings. The molecule has 2 aliphatic heterocycles. The van der Waals surface area contributed by atoms with Gasteiger partial charge < -0.3 is 25.4 Å². The molecule has 1 saturated carbocycles. The van der Waals surface area contributed by atoms with Gasteiger partial charge in [-0.15, -0.1) is 28.2 Å². The van der Waals surface area contributed by atoms with Gasteiger partial charge in [-0.05, 0) is 37.4 Å². The molecule has 2 fully saturated rings. The van der Waals surface area contributed by atoms with E-state index in [0.29, 0.717) is 34.6 Å². The molecule has 0 bridgehead atoms. The van der Waals surface area contributed by atoms with E-state index in [-0.39, 0.29) is 47.4 Å². The number of thiazole rings is 1. The number of anilines is 1. The number of hydrogen-bond donors (Lipinski definition) is 2. The molecular formula is C26H35N9O6S3. The number of nitrogens with zero attached hydrogens (tertiary/aromatic N) is 7. The number of esters is 2. The number of rotatable bonds is 13. The molecule has 2 aromatic rings. The van der Waals surface area contributed by atoms with Gasteiger partial charge in [-0.2, -0.15) is 0 Å². The average molecular weight is 666 g/mol. The second-order valence-electron chi connectivity index (χ2n) is 10.9. The van der Waals surface area contributed by atoms with Crippen molar-refractivity contribution >= 4 is 63.7 Å². The number of β-lactam (4-membered cyclic amide) rings is 1. The first-order valence-electron chi connectivity index (χ1n) is 14.2. The maximum Gasteiger partial charge on any atom is 0.358 e. The fraction of sp³-hybridized carbons (Fsp3) is 0.615. The van der Waals surface area contributed by atoms with E-state index in [1.165, 1.54) is 46.7 Å². The van der Waals surface area contributed by atoms with Crippen LogP contribution in [0.2, 0.25) is 0 Å². The van der Waals surface area contributed by atoms with Crippen LogP contribution in [-0.4, -0.2) is 102 Å². The highest BCUT2D eigenvalue weighted by Crippen LogP contribution is 2.45. The van der Waals surface area contributed by atoms with Crippen molar-refractivity contribution in [2.75, 3.05) is 32.1 Å². The molecule has 0 aromatic carbocycles. The summed E-state index contributed by atoms with van der Waals surface area (Å²) >= 11 is 3.88. The van der Waals surface area contributed by atoms with Gasteiger partial charge in [0, 0.05) is 30.2 Å². The number of carbonyl (C=O) groups excluding carboxylic acids is 4. The summed E-state index contributed by atoms with van der Waals surface area (Å²) in [7, 11) is 3.89. The molecule has 2 unspecified atom stereocenters. The van der Waals surface area contributed by atoms with E-state index >= 15 is 0 Å². The van der Waals surface area contributed by atoms with Gasteiger partial charge in [0.15, 0.2) is 5.13 Å². The summed E-state index contributed by atoms with van der Waals surface area (Å²) in [4.78, 5) is 59.8. The SMILES string of the molecule is CC(OC(=O)C1=C(CSc2nnnn2CCN(C)C)C(NC(=O)Cc2csc(N)n2)S[C@@H]2CC(=O)N12)OC(=O)C1CCCC1. The highest BCUT2D eigenvalue weighted by atomic mass is 32.2. The summed E-state index contributed by atoms with van der Waals surface area (Å²) in [5.41, 5.74) is 6.74. The average Bonchev–Trinajstić information content (AvgIpc) is 3.73. The number of nitrogen functional groups attached to an aromatic ring is 1. The Hall–Kier alpha value is -3.22. The number of tetrazole rings is 1. The van der Waals surface area contributed by atoms with Gasteiger partial charge in [-0.25, -0.2) is 14.5 Å². The Morgan fingerprint density at radius 3 is 2.70 bits per heavy atom. The molecule has 44 heavy (non-hydrogen) atoms. The van der Waals surface area contributed by atoms with Crippen molar-refractivity contribution in [2.24, 2.45) is 5.92 Å². The van der Waals surface area contributed by atoms with Crippen LogP contribution in [0.4, 0.5) is 5.13 Å². The number of nitrogens with one attached hydrogen (secondary N) is 1. The minimum atomic E-state index is -1.16. The number of likely N-dealkylation sites (N-methyl/N-ethyl adjacent to an activating group) is 1. The Morgan fingerprint density at radius 1 is 1.25 bits per heavy atom. The van der Waals surface area contributed by atoms with E-state index in [1.807, 2.05) is 19.0 Å². The van der Waals surface area contributed by atoms with Crippen LogP contribution >= 0.6 is 34.9 Å². The number of fused-ring (bicyclic) bond motifs is 1. The van der Waals surface area contributed by atoms with E-state index in [0.717, 1.165) is 25.7 Å². The van der Waals surface area contributed by atoms with Gasteiger partial charge in [0.1, 0.15) is 11.1 Å². The lowest BCUT2D eigenvalue weighted by Crippen LogP contribution is -2.58. The molecule has 3 atom stereocenters. The van der Waals surface area contributed by atoms with Gasteiger partial charge in [0.2, 0.25) is 23.3 Å². The Morgan fingerprint density at radius 2 is 2.02 bits per heavy atom. The maximum atomic E-state index is 13.7. The standard InChI is InChI=1S/C26H35N9O6S3/c1-14(40-23(38)15-6-4-5-7-15)41-24(39)21-17(13-43-26-30-31-32-34(26)9-8-33(2)3)22(44-20-11-19(37)35(20)21)29-18(36)10-16-12-42-25(27)28-16/h12,14-15,20,22H,4-11,13H2,1-3H3,(H2,27,28)(H,29,36)/t14?,20-,22?/m1/s1. The third kappa shape index (κ3) is 7.70. The van der Waals surface area contributed by atoms with E-state index in [1.54, 1.807) is 10.1 Å². The highest BCUT2D eigenvalue weighted by molar-refractivity contribution is 8.01. The topological polar surface area (TPSA) is 188 Å². The quantitative estimate of drug-likeness (QED) is 0.135. The molecule has 2 aromatic heterocycles. The Labute approximate surface area is 266 Å². The second kappa shape index (κ2) is 14.3. The number of nitrogens with two attached hydrogens (primary N) is 1. The Kier molecular flexibility index (Phi) is 10.4. The third-order valence-electron chi connectivity index (χ3n) is 7.32. The zero-order chi connectivity index (χ0) is 31.4. The zero-order valence-corrected chi connectivity index (χ0v) is 27.1. The highest BCUT2D eigenvalue weighted by Gasteiger charge is 2.49. The minimum absolute atomic E-state index is 0.00475. The van der Waals surface area contributed by atoms with E-state index in [9.17, 15) is 19.2 Å². The van der Waals surface area contributed by atoms with E-state index in [4.69, 9.17) is 15.2 Å². The van der Waals surface area contributed by atoms with Gasteiger partial charge in [-0.3, -0.25) is 19.3 Å². The Bertz CT molecular complexity index is 1420. The predicted octanol–water partition coefficient (Wildman–Crippen LogP) is 1.23. The zero-order valence-electron chi connectivity index (χ0n) is 24.6. The fourth-order valence-electron chi connectivity index (χ4n) is 5.07. The van der Waals surface area contributed by atoms with Crippen LogP contribution in [0.1, 0.15) is 44.7 Å². The lowest BCUT2D eigenvalue weighted by Gasteiger charge is -2.47. The van der Waals surface area contributed by atoms with Crippen LogP contribution in [-0.2, 0) is 41.6 Å². The monoisotopic (exact) mass is 665 g/mol. The summed E-state index contributed by atoms with van der Waals surface area (Å²) < 4.78 is 12.7. The number of hydrogen-bond acceptors (Lipinski definition) is 15. The van der Waals surface area contributed by atoms with Crippen molar-refractivity contribution in [3.05, 3.63) is 22.3 Å². The number of carbonyl (C=O) groups is 4. The predicted molar refractivity (Wildman–Crippen MR) is 163 cm³/mol. The van der Waals surface area contributed by atoms with Gasteiger partial charge in [0.05, 0.1) is 36.4 Å². The fourth-order valence-corrected chi connectivity index (χ4v) is 8.16. The van der Waals surface area contributed by atoms with E-state index < -0.39 is 23.6 Å². The normalized spacial score (nSPS) is 20.8. The van der Waals surface area contributed by atoms with Crippen LogP contribution < -0.4 is 11.1 Å². The maximum absolute atomic E-state index is 13.7. The molecule has 2 amide bonds. The first-order chi connectivity index (χ1) is 21.1. The third-order valence-corrected chi connectivity index (χ3v) is 10.4. The Balaban J connectivity index is 1.39. The molecule has 238 valence electrons. The summed E-state index contributed by atoms with van der Waals surface area (Å²) in [5, 5.41) is 16.5. The lowest BCUT2D eigenvalue weighted by atomic mass is 10.1. The van der Waals surface area contributed by atoms with Crippen LogP contribution in [0.25, 0.3) is 0 Å². The van der Waals surface area contributed by atoms with Crippen LogP contribution in [0, 0.1) is 5.92 Å². The summed E-state index contributed by atoms with van der Waals surface area (Å²) in [6.07, 6.45) is 2.44. The van der Waals surface area contributed by atoms with Crippen LogP contribution in [0.3, 0.4) is 0 Å². The molecule has 5 rings (SSSR count). The molecule has 0 radical (unpaired) electrons. The molecule has 3 N–H and O–H groups in total. The van der Waals surface area contributed by atoms with Crippen LogP contribution in [0.5, 0.6) is 0 Å². The molecule has 0 spiro atoms. The van der Waals surface area contributed by atoms with E-state index in [2.05, 4.69) is 25.8 Å². The molecule has 1 aliphatic carbocycles. The number of aromatic nitrogens is 5. The first kappa shape index (κ1) is 32.2. The lowest BCUT2D eigenvalue weighted by molar-refractivity contribution is -0.186. The van der Waals surface area contributed by atoms with Gasteiger partial charge in [0.25, 0.3) is 0 Å². The van der Waals surface area contributed by atoms with Crippen molar-refractivity contribution in [2.45, 2.75) is 74.2 Å².